The average molecular weight is 206 g/mol. The summed E-state index contributed by atoms with van der Waals surface area (Å²) in [5.74, 6) is 0. The molecule has 0 aliphatic heterocycles. The third kappa shape index (κ3) is 4.84. The van der Waals surface area contributed by atoms with E-state index in [-0.39, 0.29) is 0 Å². The van der Waals surface area contributed by atoms with Gasteiger partial charge in [0.2, 0.25) is 0 Å². The number of benzene rings is 1. The van der Waals surface area contributed by atoms with Gasteiger partial charge in [-0.1, -0.05) is 32.0 Å². The molecule has 0 radical (unpaired) electrons. The monoisotopic (exact) mass is 206 g/mol. The molecule has 84 valence electrons. The first kappa shape index (κ1) is 12.1. The van der Waals surface area contributed by atoms with Crippen molar-refractivity contribution in [3.8, 4) is 0 Å². The third-order valence-electron chi connectivity index (χ3n) is 2.36. The molecule has 1 rings (SSSR count). The summed E-state index contributed by atoms with van der Waals surface area (Å²) < 4.78 is 0. The van der Waals surface area contributed by atoms with Crippen LogP contribution in [-0.4, -0.2) is 24.7 Å². The van der Waals surface area contributed by atoms with Gasteiger partial charge in [-0.25, -0.2) is 0 Å². The van der Waals surface area contributed by atoms with Gasteiger partial charge in [-0.05, 0) is 38.1 Å². The topological polar surface area (TPSA) is 15.3 Å². The summed E-state index contributed by atoms with van der Waals surface area (Å²) in [6.07, 6.45) is 2.44. The van der Waals surface area contributed by atoms with Gasteiger partial charge < -0.3 is 5.32 Å². The Morgan fingerprint density at radius 1 is 1.00 bits per heavy atom. The molecule has 0 aliphatic carbocycles. The Bertz CT molecular complexity index is 240. The quantitative estimate of drug-likeness (QED) is 0.689. The molecular weight excluding hydrogens is 184 g/mol. The van der Waals surface area contributed by atoms with E-state index in [0.29, 0.717) is 0 Å². The molecule has 0 saturated heterocycles. The second-order valence-corrected chi connectivity index (χ2v) is 3.82. The predicted molar refractivity (Wildman–Crippen MR) is 67.1 cm³/mol. The first-order valence-corrected chi connectivity index (χ1v) is 5.88. The van der Waals surface area contributed by atoms with Crippen molar-refractivity contribution < 1.29 is 0 Å². The van der Waals surface area contributed by atoms with Crippen LogP contribution in [0.15, 0.2) is 30.3 Å². The molecule has 0 bridgehead atoms. The highest BCUT2D eigenvalue weighted by Crippen LogP contribution is 2.05. The highest BCUT2D eigenvalue weighted by Gasteiger charge is 2.00. The standard InChI is InChI=1S/C13H22N2/c1-3-10-15(11-4-2)12-14-13-8-6-5-7-9-13/h5-9,14H,3-4,10-12H2,1-2H3. The van der Waals surface area contributed by atoms with E-state index < -0.39 is 0 Å². The molecule has 0 fully saturated rings. The first-order chi connectivity index (χ1) is 7.36. The predicted octanol–water partition coefficient (Wildman–Crippen LogP) is 3.18. The fourth-order valence-electron chi connectivity index (χ4n) is 1.66. The summed E-state index contributed by atoms with van der Waals surface area (Å²) in [5, 5.41) is 3.44. The van der Waals surface area contributed by atoms with E-state index in [1.807, 2.05) is 6.07 Å². The number of nitrogens with one attached hydrogen (secondary N) is 1. The number of nitrogens with zero attached hydrogens (tertiary/aromatic N) is 1. The normalized spacial score (nSPS) is 10.6. The van der Waals surface area contributed by atoms with Crippen molar-refractivity contribution >= 4 is 5.69 Å². The molecule has 0 saturated carbocycles. The Morgan fingerprint density at radius 2 is 1.60 bits per heavy atom. The summed E-state index contributed by atoms with van der Waals surface area (Å²) in [5.41, 5.74) is 1.20. The molecule has 0 aromatic heterocycles. The minimum atomic E-state index is 0.950. The summed E-state index contributed by atoms with van der Waals surface area (Å²) in [7, 11) is 0. The van der Waals surface area contributed by atoms with Gasteiger partial charge in [-0.2, -0.15) is 0 Å². The Morgan fingerprint density at radius 3 is 2.13 bits per heavy atom. The molecule has 2 nitrogen and oxygen atoms in total. The van der Waals surface area contributed by atoms with Crippen molar-refractivity contribution in [2.24, 2.45) is 0 Å². The van der Waals surface area contributed by atoms with Crippen LogP contribution in [0.3, 0.4) is 0 Å². The average Bonchev–Trinajstić information content (AvgIpc) is 2.28. The molecule has 15 heavy (non-hydrogen) atoms. The summed E-state index contributed by atoms with van der Waals surface area (Å²) in [4.78, 5) is 2.45. The number of para-hydroxylation sites is 1. The van der Waals surface area contributed by atoms with Gasteiger partial charge in [0.15, 0.2) is 0 Å². The molecule has 1 aromatic rings. The van der Waals surface area contributed by atoms with E-state index in [2.05, 4.69) is 48.3 Å². The third-order valence-corrected chi connectivity index (χ3v) is 2.36. The van der Waals surface area contributed by atoms with Crippen LogP contribution in [0.2, 0.25) is 0 Å². The minimum absolute atomic E-state index is 0.950. The molecule has 0 atom stereocenters. The van der Waals surface area contributed by atoms with Crippen LogP contribution < -0.4 is 5.32 Å². The first-order valence-electron chi connectivity index (χ1n) is 5.88. The maximum Gasteiger partial charge on any atom is 0.0678 e. The smallest absolute Gasteiger partial charge is 0.0678 e. The second kappa shape index (κ2) is 7.30. The van der Waals surface area contributed by atoms with E-state index >= 15 is 0 Å². The van der Waals surface area contributed by atoms with Crippen LogP contribution in [0.25, 0.3) is 0 Å². The minimum Gasteiger partial charge on any atom is -0.372 e. The lowest BCUT2D eigenvalue weighted by molar-refractivity contribution is 0.294. The summed E-state index contributed by atoms with van der Waals surface area (Å²) >= 11 is 0. The zero-order valence-electron chi connectivity index (χ0n) is 9.87. The molecule has 1 N–H and O–H groups in total. The van der Waals surface area contributed by atoms with E-state index in [4.69, 9.17) is 0 Å². The molecule has 0 aliphatic rings. The lowest BCUT2D eigenvalue weighted by atomic mass is 10.3. The molecular formula is C13H22N2. The number of hydrogen-bond donors (Lipinski definition) is 1. The highest BCUT2D eigenvalue weighted by molar-refractivity contribution is 5.42. The van der Waals surface area contributed by atoms with Gasteiger partial charge in [-0.3, -0.25) is 4.90 Å². The van der Waals surface area contributed by atoms with Crippen LogP contribution in [0.1, 0.15) is 26.7 Å². The van der Waals surface area contributed by atoms with E-state index in [0.717, 1.165) is 6.67 Å². The largest absolute Gasteiger partial charge is 0.372 e. The Labute approximate surface area is 93.3 Å². The van der Waals surface area contributed by atoms with Crippen LogP contribution in [0.5, 0.6) is 0 Å². The lowest BCUT2D eigenvalue weighted by Crippen LogP contribution is -2.30. The van der Waals surface area contributed by atoms with Crippen molar-refractivity contribution in [2.45, 2.75) is 26.7 Å². The summed E-state index contributed by atoms with van der Waals surface area (Å²) in [6, 6.07) is 10.4. The summed E-state index contributed by atoms with van der Waals surface area (Å²) in [6.45, 7) is 7.75. The van der Waals surface area contributed by atoms with Gasteiger partial charge >= 0.3 is 0 Å². The number of rotatable bonds is 7. The Hall–Kier alpha value is -1.02. The second-order valence-electron chi connectivity index (χ2n) is 3.82. The fourth-order valence-corrected chi connectivity index (χ4v) is 1.66. The van der Waals surface area contributed by atoms with Gasteiger partial charge in [0.25, 0.3) is 0 Å². The van der Waals surface area contributed by atoms with Crippen molar-refractivity contribution in [1.29, 1.82) is 0 Å². The Balaban J connectivity index is 2.33. The van der Waals surface area contributed by atoms with Crippen LogP contribution in [0, 0.1) is 0 Å². The van der Waals surface area contributed by atoms with Crippen molar-refractivity contribution in [3.63, 3.8) is 0 Å². The van der Waals surface area contributed by atoms with Crippen molar-refractivity contribution in [1.82, 2.24) is 4.90 Å². The molecule has 2 heteroatoms. The van der Waals surface area contributed by atoms with Crippen LogP contribution in [0.4, 0.5) is 5.69 Å². The number of anilines is 1. The van der Waals surface area contributed by atoms with Crippen LogP contribution in [-0.2, 0) is 0 Å². The van der Waals surface area contributed by atoms with Crippen molar-refractivity contribution in [2.75, 3.05) is 25.1 Å². The molecule has 1 aromatic carbocycles. The van der Waals surface area contributed by atoms with Gasteiger partial charge in [0.1, 0.15) is 0 Å². The van der Waals surface area contributed by atoms with Crippen LogP contribution >= 0.6 is 0 Å². The lowest BCUT2D eigenvalue weighted by Gasteiger charge is -2.21. The van der Waals surface area contributed by atoms with E-state index in [1.54, 1.807) is 0 Å². The van der Waals surface area contributed by atoms with Gasteiger partial charge in [0.05, 0.1) is 6.67 Å². The van der Waals surface area contributed by atoms with E-state index in [9.17, 15) is 0 Å². The van der Waals surface area contributed by atoms with Crippen molar-refractivity contribution in [3.05, 3.63) is 30.3 Å². The van der Waals surface area contributed by atoms with Gasteiger partial charge in [-0.15, -0.1) is 0 Å². The molecule has 0 unspecified atom stereocenters. The highest BCUT2D eigenvalue weighted by atomic mass is 15.2. The number of hydrogen-bond acceptors (Lipinski definition) is 2. The fraction of sp³-hybridized carbons (Fsp3) is 0.538. The zero-order chi connectivity index (χ0) is 10.9. The van der Waals surface area contributed by atoms with E-state index in [1.165, 1.54) is 31.6 Å². The maximum atomic E-state index is 3.44. The molecule has 0 heterocycles. The SMILES string of the molecule is CCCN(CCC)CNc1ccccc1. The van der Waals surface area contributed by atoms with Gasteiger partial charge in [0, 0.05) is 5.69 Å². The maximum absolute atomic E-state index is 3.44. The Kier molecular flexibility index (Phi) is 5.86. The molecule has 0 amide bonds. The zero-order valence-corrected chi connectivity index (χ0v) is 9.87. The molecule has 0 spiro atoms.